The highest BCUT2D eigenvalue weighted by molar-refractivity contribution is 5.96. The molecule has 1 amide bonds. The molecule has 3 aromatic rings. The number of benzene rings is 2. The SMILES string of the molecule is Cc1ccc(CN2CCC(O)(c3ccc4oc(C(=O)NCC5CCCO5)cc4c3)CC2)cc1. The molecule has 1 atom stereocenters. The number of hydrogen-bond donors (Lipinski definition) is 2. The Morgan fingerprint density at radius 1 is 1.15 bits per heavy atom. The number of amides is 1. The van der Waals surface area contributed by atoms with E-state index in [1.807, 2.05) is 18.2 Å². The number of aryl methyl sites for hydroxylation is 1. The molecule has 2 aliphatic rings. The van der Waals surface area contributed by atoms with Gasteiger partial charge in [-0.05, 0) is 61.9 Å². The maximum absolute atomic E-state index is 12.5. The number of carbonyl (C=O) groups is 1. The van der Waals surface area contributed by atoms with E-state index in [0.29, 0.717) is 30.7 Å². The highest BCUT2D eigenvalue weighted by Crippen LogP contribution is 2.35. The fraction of sp³-hybridized carbons (Fsp3) is 0.444. The predicted octanol–water partition coefficient (Wildman–Crippen LogP) is 4.13. The number of hydrogen-bond acceptors (Lipinski definition) is 5. The summed E-state index contributed by atoms with van der Waals surface area (Å²) in [6.45, 7) is 5.94. The maximum Gasteiger partial charge on any atom is 0.287 e. The summed E-state index contributed by atoms with van der Waals surface area (Å²) in [5, 5.41) is 15.1. The summed E-state index contributed by atoms with van der Waals surface area (Å²) >= 11 is 0. The minimum absolute atomic E-state index is 0.0936. The van der Waals surface area contributed by atoms with Gasteiger partial charge in [0.2, 0.25) is 0 Å². The van der Waals surface area contributed by atoms with Gasteiger partial charge < -0.3 is 19.6 Å². The van der Waals surface area contributed by atoms with Crippen LogP contribution in [0.1, 0.15) is 52.9 Å². The molecule has 2 aliphatic heterocycles. The van der Waals surface area contributed by atoms with E-state index in [9.17, 15) is 9.90 Å². The first-order valence-electron chi connectivity index (χ1n) is 11.9. The largest absolute Gasteiger partial charge is 0.451 e. The molecule has 174 valence electrons. The van der Waals surface area contributed by atoms with Gasteiger partial charge in [-0.2, -0.15) is 0 Å². The van der Waals surface area contributed by atoms with Crippen LogP contribution in [0.4, 0.5) is 0 Å². The standard InChI is InChI=1S/C27H32N2O4/c1-19-4-6-20(7-5-19)18-29-12-10-27(31,11-13-29)22-8-9-24-21(15-22)16-25(33-24)26(30)28-17-23-3-2-14-32-23/h4-9,15-16,23,31H,2-3,10-14,17-18H2,1H3,(H,28,30). The number of nitrogens with zero attached hydrogens (tertiary/aromatic N) is 1. The number of rotatable bonds is 6. The molecule has 0 spiro atoms. The third-order valence-corrected chi connectivity index (χ3v) is 7.00. The number of likely N-dealkylation sites (tertiary alicyclic amines) is 1. The summed E-state index contributed by atoms with van der Waals surface area (Å²) < 4.78 is 11.3. The number of furan rings is 1. The molecule has 1 unspecified atom stereocenters. The molecule has 2 N–H and O–H groups in total. The minimum atomic E-state index is -0.864. The van der Waals surface area contributed by atoms with Gasteiger partial charge in [-0.3, -0.25) is 9.69 Å². The molecule has 0 saturated carbocycles. The van der Waals surface area contributed by atoms with Crippen molar-refractivity contribution in [2.75, 3.05) is 26.2 Å². The second kappa shape index (κ2) is 9.29. The van der Waals surface area contributed by atoms with Gasteiger partial charge in [-0.1, -0.05) is 35.9 Å². The topological polar surface area (TPSA) is 74.9 Å². The van der Waals surface area contributed by atoms with E-state index < -0.39 is 5.60 Å². The molecule has 6 heteroatoms. The molecule has 3 heterocycles. The Morgan fingerprint density at radius 3 is 2.67 bits per heavy atom. The summed E-state index contributed by atoms with van der Waals surface area (Å²) in [5.41, 5.74) is 3.25. The molecule has 2 saturated heterocycles. The Labute approximate surface area is 194 Å². The average molecular weight is 449 g/mol. The third kappa shape index (κ3) is 4.98. The number of ether oxygens (including phenoxy) is 1. The van der Waals surface area contributed by atoms with Crippen LogP contribution in [0.15, 0.2) is 52.9 Å². The van der Waals surface area contributed by atoms with E-state index >= 15 is 0 Å². The Balaban J connectivity index is 1.22. The summed E-state index contributed by atoms with van der Waals surface area (Å²) in [6, 6.07) is 16.2. The number of nitrogens with one attached hydrogen (secondary N) is 1. The Hall–Kier alpha value is -2.67. The lowest BCUT2D eigenvalue weighted by Crippen LogP contribution is -2.42. The van der Waals surface area contributed by atoms with Gasteiger partial charge in [0, 0.05) is 38.2 Å². The first-order valence-corrected chi connectivity index (χ1v) is 11.9. The van der Waals surface area contributed by atoms with Crippen LogP contribution in [-0.4, -0.2) is 48.3 Å². The zero-order valence-corrected chi connectivity index (χ0v) is 19.2. The fourth-order valence-corrected chi connectivity index (χ4v) is 4.87. The van der Waals surface area contributed by atoms with E-state index in [4.69, 9.17) is 9.15 Å². The summed E-state index contributed by atoms with van der Waals surface area (Å²) in [6.07, 6.45) is 3.47. The molecule has 33 heavy (non-hydrogen) atoms. The van der Waals surface area contributed by atoms with Crippen LogP contribution >= 0.6 is 0 Å². The highest BCUT2D eigenvalue weighted by Gasteiger charge is 2.34. The Bertz CT molecular complexity index is 1110. The average Bonchev–Trinajstić information content (AvgIpc) is 3.50. The zero-order chi connectivity index (χ0) is 22.8. The second-order valence-corrected chi connectivity index (χ2v) is 9.50. The van der Waals surface area contributed by atoms with Crippen LogP contribution in [0.25, 0.3) is 11.0 Å². The van der Waals surface area contributed by atoms with E-state index in [-0.39, 0.29) is 12.0 Å². The monoisotopic (exact) mass is 448 g/mol. The number of piperidine rings is 1. The molecular formula is C27H32N2O4. The van der Waals surface area contributed by atoms with Crippen molar-refractivity contribution in [1.29, 1.82) is 0 Å². The van der Waals surface area contributed by atoms with E-state index in [0.717, 1.165) is 50.0 Å². The number of carbonyl (C=O) groups excluding carboxylic acids is 1. The van der Waals surface area contributed by atoms with Gasteiger partial charge >= 0.3 is 0 Å². The van der Waals surface area contributed by atoms with Crippen LogP contribution in [-0.2, 0) is 16.9 Å². The second-order valence-electron chi connectivity index (χ2n) is 9.50. The lowest BCUT2D eigenvalue weighted by Gasteiger charge is -2.38. The molecule has 0 radical (unpaired) electrons. The van der Waals surface area contributed by atoms with Crippen molar-refractivity contribution in [2.24, 2.45) is 0 Å². The van der Waals surface area contributed by atoms with Crippen LogP contribution < -0.4 is 5.32 Å². The van der Waals surface area contributed by atoms with Crippen molar-refractivity contribution in [1.82, 2.24) is 10.2 Å². The normalized spacial score (nSPS) is 20.8. The van der Waals surface area contributed by atoms with Crippen molar-refractivity contribution in [2.45, 2.75) is 50.9 Å². The smallest absolute Gasteiger partial charge is 0.287 e. The summed E-state index contributed by atoms with van der Waals surface area (Å²) in [7, 11) is 0. The fourth-order valence-electron chi connectivity index (χ4n) is 4.87. The van der Waals surface area contributed by atoms with Gasteiger partial charge in [0.1, 0.15) is 5.58 Å². The molecule has 2 fully saturated rings. The van der Waals surface area contributed by atoms with Crippen LogP contribution in [0.3, 0.4) is 0 Å². The van der Waals surface area contributed by atoms with E-state index in [2.05, 4.69) is 41.4 Å². The molecule has 1 aromatic heterocycles. The van der Waals surface area contributed by atoms with Crippen LogP contribution in [0, 0.1) is 6.92 Å². The number of aliphatic hydroxyl groups is 1. The van der Waals surface area contributed by atoms with Gasteiger partial charge in [0.15, 0.2) is 5.76 Å². The Morgan fingerprint density at radius 2 is 1.94 bits per heavy atom. The van der Waals surface area contributed by atoms with Crippen molar-refractivity contribution < 1.29 is 19.1 Å². The van der Waals surface area contributed by atoms with Crippen molar-refractivity contribution in [3.05, 3.63) is 71.0 Å². The summed E-state index contributed by atoms with van der Waals surface area (Å²) in [5.74, 6) is 0.0615. The molecule has 0 bridgehead atoms. The Kier molecular flexibility index (Phi) is 6.23. The quantitative estimate of drug-likeness (QED) is 0.593. The molecular weight excluding hydrogens is 416 g/mol. The third-order valence-electron chi connectivity index (χ3n) is 7.00. The number of fused-ring (bicyclic) bond motifs is 1. The van der Waals surface area contributed by atoms with E-state index in [1.54, 1.807) is 6.07 Å². The predicted molar refractivity (Wildman–Crippen MR) is 127 cm³/mol. The molecule has 5 rings (SSSR count). The molecule has 0 aliphatic carbocycles. The van der Waals surface area contributed by atoms with Crippen LogP contribution in [0.2, 0.25) is 0 Å². The molecule has 2 aromatic carbocycles. The van der Waals surface area contributed by atoms with Gasteiger partial charge in [-0.15, -0.1) is 0 Å². The lowest BCUT2D eigenvalue weighted by atomic mass is 9.84. The zero-order valence-electron chi connectivity index (χ0n) is 19.2. The van der Waals surface area contributed by atoms with Crippen molar-refractivity contribution >= 4 is 16.9 Å². The first-order chi connectivity index (χ1) is 16.0. The highest BCUT2D eigenvalue weighted by atomic mass is 16.5. The molecule has 6 nitrogen and oxygen atoms in total. The van der Waals surface area contributed by atoms with Crippen molar-refractivity contribution in [3.63, 3.8) is 0 Å². The van der Waals surface area contributed by atoms with Gasteiger partial charge in [-0.25, -0.2) is 0 Å². The van der Waals surface area contributed by atoms with Gasteiger partial charge in [0.05, 0.1) is 11.7 Å². The van der Waals surface area contributed by atoms with E-state index in [1.165, 1.54) is 11.1 Å². The maximum atomic E-state index is 12.5. The van der Waals surface area contributed by atoms with Crippen molar-refractivity contribution in [3.8, 4) is 0 Å². The first kappa shape index (κ1) is 22.1. The van der Waals surface area contributed by atoms with Crippen LogP contribution in [0.5, 0.6) is 0 Å². The van der Waals surface area contributed by atoms with Gasteiger partial charge in [0.25, 0.3) is 5.91 Å². The summed E-state index contributed by atoms with van der Waals surface area (Å²) in [4.78, 5) is 14.9. The lowest BCUT2D eigenvalue weighted by molar-refractivity contribution is -0.0276. The minimum Gasteiger partial charge on any atom is -0.451 e.